The molecular weight excluding hydrogens is 194 g/mol. The summed E-state index contributed by atoms with van der Waals surface area (Å²) in [6, 6.07) is 0. The zero-order valence-corrected chi connectivity index (χ0v) is 9.32. The second-order valence-electron chi connectivity index (χ2n) is 4.07. The van der Waals surface area contributed by atoms with Gasteiger partial charge in [0, 0.05) is 25.5 Å². The molecule has 1 rings (SSSR count). The topological polar surface area (TPSA) is 69.2 Å². The maximum Gasteiger partial charge on any atom is 0.290 e. The lowest BCUT2D eigenvalue weighted by Gasteiger charge is -2.28. The third-order valence-electron chi connectivity index (χ3n) is 1.95. The molecule has 84 valence electrons. The van der Waals surface area contributed by atoms with E-state index in [0.29, 0.717) is 18.9 Å². The summed E-state index contributed by atoms with van der Waals surface area (Å²) in [6.45, 7) is 6.33. The number of aromatic amines is 1. The van der Waals surface area contributed by atoms with E-state index in [9.17, 15) is 9.90 Å². The van der Waals surface area contributed by atoms with Gasteiger partial charge in [0.2, 0.25) is 0 Å². The summed E-state index contributed by atoms with van der Waals surface area (Å²) in [7, 11) is 0. The molecule has 1 heterocycles. The lowest BCUT2D eigenvalue weighted by molar-refractivity contribution is 0.0873. The highest BCUT2D eigenvalue weighted by atomic mass is 16.3. The van der Waals surface area contributed by atoms with E-state index in [4.69, 9.17) is 0 Å². The van der Waals surface area contributed by atoms with Crippen molar-refractivity contribution < 1.29 is 5.11 Å². The van der Waals surface area contributed by atoms with Crippen molar-refractivity contribution in [2.75, 3.05) is 18.0 Å². The highest BCUT2D eigenvalue weighted by Gasteiger charge is 2.19. The maximum absolute atomic E-state index is 11.5. The Labute approximate surface area is 88.8 Å². The Morgan fingerprint density at radius 1 is 1.60 bits per heavy atom. The number of rotatable bonds is 4. The molecule has 2 N–H and O–H groups in total. The molecule has 5 nitrogen and oxygen atoms in total. The van der Waals surface area contributed by atoms with Gasteiger partial charge in [0.1, 0.15) is 0 Å². The molecule has 5 heteroatoms. The molecule has 0 aromatic carbocycles. The fourth-order valence-corrected chi connectivity index (χ4v) is 1.37. The number of likely N-dealkylation sites (N-methyl/N-ethyl adjacent to an activating group) is 1. The Morgan fingerprint density at radius 2 is 2.27 bits per heavy atom. The number of aromatic nitrogens is 2. The fraction of sp³-hybridized carbons (Fsp3) is 0.600. The molecule has 0 saturated heterocycles. The van der Waals surface area contributed by atoms with Crippen molar-refractivity contribution in [3.8, 4) is 0 Å². The minimum atomic E-state index is -0.847. The van der Waals surface area contributed by atoms with Crippen molar-refractivity contribution in [3.05, 3.63) is 22.7 Å². The largest absolute Gasteiger partial charge is 0.389 e. The number of nitrogens with zero attached hydrogens (tertiary/aromatic N) is 2. The van der Waals surface area contributed by atoms with Gasteiger partial charge in [-0.15, -0.1) is 0 Å². The standard InChI is InChI=1S/C10H17N3O2/c1-4-13(7-10(2,3)15)8-9(14)12-6-5-11-8/h5-6,15H,4,7H2,1-3H3,(H,12,14). The first-order valence-electron chi connectivity index (χ1n) is 4.95. The Morgan fingerprint density at radius 3 is 2.73 bits per heavy atom. The van der Waals surface area contributed by atoms with Crippen molar-refractivity contribution in [2.24, 2.45) is 0 Å². The van der Waals surface area contributed by atoms with E-state index in [-0.39, 0.29) is 5.56 Å². The molecule has 0 aliphatic heterocycles. The predicted molar refractivity (Wildman–Crippen MR) is 59.0 cm³/mol. The first-order chi connectivity index (χ1) is 6.94. The van der Waals surface area contributed by atoms with Crippen molar-refractivity contribution >= 4 is 5.82 Å². The number of H-pyrrole nitrogens is 1. The van der Waals surface area contributed by atoms with Crippen LogP contribution in [0.2, 0.25) is 0 Å². The van der Waals surface area contributed by atoms with Crippen LogP contribution in [0, 0.1) is 0 Å². The van der Waals surface area contributed by atoms with Gasteiger partial charge in [-0.05, 0) is 20.8 Å². The van der Waals surface area contributed by atoms with E-state index in [0.717, 1.165) is 0 Å². The van der Waals surface area contributed by atoms with Crippen LogP contribution < -0.4 is 10.5 Å². The second-order valence-corrected chi connectivity index (χ2v) is 4.07. The second kappa shape index (κ2) is 4.44. The number of hydrogen-bond acceptors (Lipinski definition) is 4. The van der Waals surface area contributed by atoms with Crippen LogP contribution in [0.25, 0.3) is 0 Å². The van der Waals surface area contributed by atoms with Crippen molar-refractivity contribution in [2.45, 2.75) is 26.4 Å². The highest BCUT2D eigenvalue weighted by Crippen LogP contribution is 2.09. The summed E-state index contributed by atoms with van der Waals surface area (Å²) < 4.78 is 0. The van der Waals surface area contributed by atoms with Gasteiger partial charge in [-0.1, -0.05) is 0 Å². The molecule has 15 heavy (non-hydrogen) atoms. The van der Waals surface area contributed by atoms with Crippen molar-refractivity contribution in [3.63, 3.8) is 0 Å². The Kier molecular flexibility index (Phi) is 3.47. The highest BCUT2D eigenvalue weighted by molar-refractivity contribution is 5.35. The van der Waals surface area contributed by atoms with Crippen LogP contribution in [0.3, 0.4) is 0 Å². The molecule has 0 unspecified atom stereocenters. The van der Waals surface area contributed by atoms with Crippen LogP contribution in [-0.2, 0) is 0 Å². The predicted octanol–water partition coefficient (Wildman–Crippen LogP) is 0.367. The third-order valence-corrected chi connectivity index (χ3v) is 1.95. The molecule has 0 saturated carbocycles. The van der Waals surface area contributed by atoms with Crippen molar-refractivity contribution in [1.82, 2.24) is 9.97 Å². The molecule has 0 atom stereocenters. The Hall–Kier alpha value is -1.36. The number of hydrogen-bond donors (Lipinski definition) is 2. The molecular formula is C10H17N3O2. The van der Waals surface area contributed by atoms with Gasteiger partial charge in [-0.2, -0.15) is 0 Å². The molecule has 0 amide bonds. The van der Waals surface area contributed by atoms with Gasteiger partial charge < -0.3 is 15.0 Å². The third kappa shape index (κ3) is 3.36. The molecule has 0 bridgehead atoms. The monoisotopic (exact) mass is 211 g/mol. The van der Waals surface area contributed by atoms with Crippen LogP contribution >= 0.6 is 0 Å². The molecule has 0 fully saturated rings. The average Bonchev–Trinajstić information content (AvgIpc) is 2.14. The summed E-state index contributed by atoms with van der Waals surface area (Å²) in [4.78, 5) is 19.8. The number of nitrogens with one attached hydrogen (secondary N) is 1. The first kappa shape index (κ1) is 11.7. The van der Waals surface area contributed by atoms with E-state index in [1.54, 1.807) is 18.7 Å². The van der Waals surface area contributed by atoms with Gasteiger partial charge in [0.25, 0.3) is 5.56 Å². The van der Waals surface area contributed by atoms with E-state index in [1.807, 2.05) is 6.92 Å². The lowest BCUT2D eigenvalue weighted by atomic mass is 10.1. The normalized spacial score (nSPS) is 11.5. The van der Waals surface area contributed by atoms with Gasteiger partial charge in [0.15, 0.2) is 5.82 Å². The van der Waals surface area contributed by atoms with Crippen LogP contribution in [0.5, 0.6) is 0 Å². The van der Waals surface area contributed by atoms with Crippen molar-refractivity contribution in [1.29, 1.82) is 0 Å². The SMILES string of the molecule is CCN(CC(C)(C)O)c1ncc[nH]c1=O. The summed E-state index contributed by atoms with van der Waals surface area (Å²) in [5.41, 5.74) is -1.08. The summed E-state index contributed by atoms with van der Waals surface area (Å²) in [5.74, 6) is 0.349. The van der Waals surface area contributed by atoms with Gasteiger partial charge in [-0.3, -0.25) is 4.79 Å². The minimum absolute atomic E-state index is 0.233. The quantitative estimate of drug-likeness (QED) is 0.754. The minimum Gasteiger partial charge on any atom is -0.389 e. The van der Waals surface area contributed by atoms with E-state index in [1.165, 1.54) is 12.4 Å². The lowest BCUT2D eigenvalue weighted by Crippen LogP contribution is -2.41. The summed E-state index contributed by atoms with van der Waals surface area (Å²) >= 11 is 0. The van der Waals surface area contributed by atoms with Crippen LogP contribution in [-0.4, -0.2) is 33.8 Å². The average molecular weight is 211 g/mol. The van der Waals surface area contributed by atoms with Crippen LogP contribution in [0.4, 0.5) is 5.82 Å². The summed E-state index contributed by atoms with van der Waals surface area (Å²) in [6.07, 6.45) is 3.02. The first-order valence-corrected chi connectivity index (χ1v) is 4.95. The molecule has 0 aliphatic carbocycles. The van der Waals surface area contributed by atoms with Gasteiger partial charge >= 0.3 is 0 Å². The molecule has 0 spiro atoms. The smallest absolute Gasteiger partial charge is 0.290 e. The maximum atomic E-state index is 11.5. The van der Waals surface area contributed by atoms with E-state index >= 15 is 0 Å². The van der Waals surface area contributed by atoms with E-state index < -0.39 is 5.60 Å². The van der Waals surface area contributed by atoms with E-state index in [2.05, 4.69) is 9.97 Å². The summed E-state index contributed by atoms with van der Waals surface area (Å²) in [5, 5.41) is 9.69. The van der Waals surface area contributed by atoms with Gasteiger partial charge in [0.05, 0.1) is 5.60 Å². The molecule has 1 aromatic heterocycles. The number of aliphatic hydroxyl groups is 1. The molecule has 0 aliphatic rings. The molecule has 1 aromatic rings. The zero-order chi connectivity index (χ0) is 11.5. The Balaban J connectivity index is 2.94. The van der Waals surface area contributed by atoms with Gasteiger partial charge in [-0.25, -0.2) is 4.98 Å². The number of anilines is 1. The van der Waals surface area contributed by atoms with Crippen LogP contribution in [0.15, 0.2) is 17.2 Å². The zero-order valence-electron chi connectivity index (χ0n) is 9.32. The fourth-order valence-electron chi connectivity index (χ4n) is 1.37. The molecule has 0 radical (unpaired) electrons. The Bertz CT molecular complexity index is 367. The van der Waals surface area contributed by atoms with Crippen LogP contribution in [0.1, 0.15) is 20.8 Å².